The van der Waals surface area contributed by atoms with Crippen LogP contribution in [-0.4, -0.2) is 4.98 Å². The highest BCUT2D eigenvalue weighted by atomic mass is 35.5. The second kappa shape index (κ2) is 7.98. The van der Waals surface area contributed by atoms with Crippen LogP contribution in [0.25, 0.3) is 22.0 Å². The molecule has 0 atom stereocenters. The fourth-order valence-electron chi connectivity index (χ4n) is 3.62. The number of pyridine rings is 1. The van der Waals surface area contributed by atoms with Gasteiger partial charge in [0.15, 0.2) is 0 Å². The van der Waals surface area contributed by atoms with Gasteiger partial charge in [0.05, 0.1) is 28.1 Å². The Kier molecular flexibility index (Phi) is 5.37. The smallest absolute Gasteiger partial charge is 0.108 e. The Morgan fingerprint density at radius 2 is 2.07 bits per heavy atom. The molecule has 0 spiro atoms. The number of fused-ring (bicyclic) bond motifs is 2. The molecular formula is C25H22ClN3S. The summed E-state index contributed by atoms with van der Waals surface area (Å²) in [6.45, 7) is 18.5. The number of allylic oxidation sites excluding steroid dienone is 4. The molecule has 0 saturated carbocycles. The number of anilines is 2. The van der Waals surface area contributed by atoms with Crippen LogP contribution in [0.3, 0.4) is 0 Å². The van der Waals surface area contributed by atoms with E-state index < -0.39 is 0 Å². The number of nitrogens with zero attached hydrogens (tertiary/aromatic N) is 2. The minimum atomic E-state index is 0.472. The van der Waals surface area contributed by atoms with Crippen LogP contribution < -0.4 is 10.2 Å². The van der Waals surface area contributed by atoms with Gasteiger partial charge in [-0.05, 0) is 24.1 Å². The number of thiophene rings is 1. The van der Waals surface area contributed by atoms with Crippen LogP contribution >= 0.6 is 22.9 Å². The zero-order chi connectivity index (χ0) is 21.4. The van der Waals surface area contributed by atoms with Gasteiger partial charge in [0.25, 0.3) is 0 Å². The minimum Gasteiger partial charge on any atom is -0.341 e. The molecule has 4 rings (SSSR count). The third-order valence-corrected chi connectivity index (χ3v) is 6.53. The fraction of sp³-hybridized carbons (Fsp3) is 0.0800. The first-order valence-corrected chi connectivity index (χ1v) is 10.8. The molecule has 0 unspecified atom stereocenters. The van der Waals surface area contributed by atoms with E-state index >= 15 is 0 Å². The van der Waals surface area contributed by atoms with Crippen molar-refractivity contribution >= 4 is 56.4 Å². The number of hydrogen-bond acceptors (Lipinski definition) is 4. The van der Waals surface area contributed by atoms with E-state index in [1.54, 1.807) is 17.4 Å². The first kappa shape index (κ1) is 20.2. The van der Waals surface area contributed by atoms with Crippen molar-refractivity contribution in [3.05, 3.63) is 101 Å². The average Bonchev–Trinajstić information content (AvgIpc) is 3.15. The molecule has 150 valence electrons. The Morgan fingerprint density at radius 1 is 1.27 bits per heavy atom. The maximum Gasteiger partial charge on any atom is 0.108 e. The number of nitrogens with one attached hydrogen (secondary N) is 1. The summed E-state index contributed by atoms with van der Waals surface area (Å²) in [6.07, 6.45) is 8.29. The molecule has 0 radical (unpaired) electrons. The average molecular weight is 432 g/mol. The van der Waals surface area contributed by atoms with Crippen molar-refractivity contribution in [2.24, 2.45) is 0 Å². The molecule has 0 saturated heterocycles. The van der Waals surface area contributed by atoms with E-state index in [1.807, 2.05) is 29.4 Å². The maximum atomic E-state index is 6.22. The second-order valence-corrected chi connectivity index (χ2v) is 8.50. The van der Waals surface area contributed by atoms with Crippen LogP contribution in [-0.2, 0) is 6.42 Å². The van der Waals surface area contributed by atoms with E-state index in [1.165, 1.54) is 5.56 Å². The first-order valence-electron chi connectivity index (χ1n) is 9.58. The third-order valence-electron chi connectivity index (χ3n) is 5.11. The molecule has 0 fully saturated rings. The van der Waals surface area contributed by atoms with Crippen molar-refractivity contribution in [3.63, 3.8) is 0 Å². The van der Waals surface area contributed by atoms with Crippen molar-refractivity contribution in [2.45, 2.75) is 13.3 Å². The molecule has 5 heteroatoms. The molecule has 2 aromatic heterocycles. The number of aryl methyl sites for hydroxylation is 1. The van der Waals surface area contributed by atoms with Crippen LogP contribution in [0, 0.1) is 0 Å². The molecule has 0 aliphatic carbocycles. The third kappa shape index (κ3) is 3.38. The Balaban J connectivity index is 1.83. The van der Waals surface area contributed by atoms with Crippen molar-refractivity contribution in [2.75, 3.05) is 10.2 Å². The van der Waals surface area contributed by atoms with E-state index in [9.17, 15) is 0 Å². The van der Waals surface area contributed by atoms with Gasteiger partial charge in [-0.15, -0.1) is 11.3 Å². The molecule has 0 bridgehead atoms. The normalized spacial score (nSPS) is 13.9. The summed E-state index contributed by atoms with van der Waals surface area (Å²) in [5.41, 5.74) is 4.87. The lowest BCUT2D eigenvalue weighted by Crippen LogP contribution is -2.28. The van der Waals surface area contributed by atoms with Crippen LogP contribution in [0.5, 0.6) is 0 Å². The van der Waals surface area contributed by atoms with Crippen LogP contribution in [0.2, 0.25) is 0 Å². The van der Waals surface area contributed by atoms with Gasteiger partial charge in [-0.1, -0.05) is 69.1 Å². The van der Waals surface area contributed by atoms with Gasteiger partial charge in [-0.25, -0.2) is 0 Å². The first-order chi connectivity index (χ1) is 14.4. The summed E-state index contributed by atoms with van der Waals surface area (Å²) in [7, 11) is 0. The highest BCUT2D eigenvalue weighted by Crippen LogP contribution is 2.46. The highest BCUT2D eigenvalue weighted by Gasteiger charge is 2.28. The Hall–Kier alpha value is -3.08. The van der Waals surface area contributed by atoms with Crippen LogP contribution in [0.4, 0.5) is 11.4 Å². The predicted octanol–water partition coefficient (Wildman–Crippen LogP) is 7.55. The monoisotopic (exact) mass is 431 g/mol. The summed E-state index contributed by atoms with van der Waals surface area (Å²) >= 11 is 7.83. The molecule has 3 aromatic rings. The molecule has 30 heavy (non-hydrogen) atoms. The molecular weight excluding hydrogens is 410 g/mol. The zero-order valence-electron chi connectivity index (χ0n) is 16.8. The van der Waals surface area contributed by atoms with Crippen molar-refractivity contribution < 1.29 is 0 Å². The van der Waals surface area contributed by atoms with Gasteiger partial charge in [0.1, 0.15) is 5.82 Å². The SMILES string of the molecule is C=C/C=C(\C(=C)Cl)c1cc2c(s1)C(=C)N(c1cncc3ccc(CC)cc13)C(=C)N2. The topological polar surface area (TPSA) is 28.2 Å². The maximum absolute atomic E-state index is 6.22. The fourth-order valence-corrected chi connectivity index (χ4v) is 4.96. The molecule has 1 aliphatic heterocycles. The Morgan fingerprint density at radius 3 is 2.77 bits per heavy atom. The van der Waals surface area contributed by atoms with E-state index in [0.717, 1.165) is 55.4 Å². The summed E-state index contributed by atoms with van der Waals surface area (Å²) in [4.78, 5) is 8.50. The van der Waals surface area contributed by atoms with E-state index in [0.29, 0.717) is 5.03 Å². The number of hydrogen-bond donors (Lipinski definition) is 1. The zero-order valence-corrected chi connectivity index (χ0v) is 18.4. The van der Waals surface area contributed by atoms with Gasteiger partial charge in [0.2, 0.25) is 0 Å². The number of aromatic nitrogens is 1. The molecule has 1 N–H and O–H groups in total. The molecule has 0 amide bonds. The lowest BCUT2D eigenvalue weighted by Gasteiger charge is -2.33. The minimum absolute atomic E-state index is 0.472. The molecule has 1 aromatic carbocycles. The second-order valence-electron chi connectivity index (χ2n) is 7.00. The number of halogens is 1. The Labute approximate surface area is 186 Å². The largest absolute Gasteiger partial charge is 0.341 e. The van der Waals surface area contributed by atoms with Crippen molar-refractivity contribution in [1.29, 1.82) is 0 Å². The lowest BCUT2D eigenvalue weighted by molar-refractivity contribution is 1.14. The van der Waals surface area contributed by atoms with Crippen LogP contribution in [0.1, 0.15) is 22.2 Å². The standard InChI is InChI=1S/C25H22ClN3S/c1-6-8-20(15(3)26)24-12-22-25(30-24)16(4)29(17(5)28-22)23-14-27-13-19-10-9-18(7-2)11-21(19)23/h6,8-14,28H,1,3-5,7H2,2H3/b20-8+. The predicted molar refractivity (Wildman–Crippen MR) is 133 cm³/mol. The van der Waals surface area contributed by atoms with Gasteiger partial charge in [0, 0.05) is 32.5 Å². The van der Waals surface area contributed by atoms with Gasteiger partial charge in [-0.2, -0.15) is 0 Å². The number of rotatable bonds is 5. The molecule has 3 heterocycles. The van der Waals surface area contributed by atoms with E-state index in [2.05, 4.69) is 61.7 Å². The van der Waals surface area contributed by atoms with E-state index in [-0.39, 0.29) is 0 Å². The highest BCUT2D eigenvalue weighted by molar-refractivity contribution is 7.15. The summed E-state index contributed by atoms with van der Waals surface area (Å²) in [5, 5.41) is 6.09. The molecule has 3 nitrogen and oxygen atoms in total. The van der Waals surface area contributed by atoms with Crippen molar-refractivity contribution in [1.82, 2.24) is 4.98 Å². The Bertz CT molecular complexity index is 1250. The quantitative estimate of drug-likeness (QED) is 0.422. The van der Waals surface area contributed by atoms with Gasteiger partial charge in [-0.3, -0.25) is 9.88 Å². The summed E-state index contributed by atoms with van der Waals surface area (Å²) in [6, 6.07) is 8.51. The summed E-state index contributed by atoms with van der Waals surface area (Å²) < 4.78 is 0. The number of benzene rings is 1. The van der Waals surface area contributed by atoms with Gasteiger partial charge < -0.3 is 5.32 Å². The van der Waals surface area contributed by atoms with Gasteiger partial charge >= 0.3 is 0 Å². The lowest BCUT2D eigenvalue weighted by atomic mass is 10.0. The molecule has 1 aliphatic rings. The van der Waals surface area contributed by atoms with E-state index in [4.69, 9.17) is 11.6 Å². The van der Waals surface area contributed by atoms with Crippen molar-refractivity contribution in [3.8, 4) is 0 Å². The van der Waals surface area contributed by atoms with Crippen LogP contribution in [0.15, 0.2) is 86.0 Å². The summed E-state index contributed by atoms with van der Waals surface area (Å²) in [5.74, 6) is 0.729.